The fourth-order valence-corrected chi connectivity index (χ4v) is 13.4. The Morgan fingerprint density at radius 3 is 0.798 bits per heavy atom. The highest BCUT2D eigenvalue weighted by Gasteiger charge is 2.30. The van der Waals surface area contributed by atoms with Crippen LogP contribution in [0.2, 0.25) is 0 Å². The van der Waals surface area contributed by atoms with E-state index in [1.807, 2.05) is 0 Å². The fraction of sp³-hybridized carbons (Fsp3) is 0.200. The molecule has 0 radical (unpaired) electrons. The zero-order chi connectivity index (χ0) is 56.7. The largest absolute Gasteiger partial charge is 0.353 e. The molecule has 412 valence electrons. The van der Waals surface area contributed by atoms with Crippen molar-refractivity contribution in [1.82, 2.24) is 19.9 Å². The minimum absolute atomic E-state index is 0.946. The van der Waals surface area contributed by atoms with Crippen LogP contribution in [-0.2, 0) is 25.7 Å². The van der Waals surface area contributed by atoms with Crippen molar-refractivity contribution in [1.29, 1.82) is 0 Å². The lowest BCUT2D eigenvalue weighted by atomic mass is 9.92. The van der Waals surface area contributed by atoms with Gasteiger partial charge < -0.3 is 9.97 Å². The number of aromatic amines is 2. The molecule has 14 rings (SSSR count). The molecule has 2 aromatic heterocycles. The van der Waals surface area contributed by atoms with E-state index >= 15 is 0 Å². The molecule has 4 nitrogen and oxygen atoms in total. The minimum atomic E-state index is 0.946. The summed E-state index contributed by atoms with van der Waals surface area (Å²) >= 11 is 0. The van der Waals surface area contributed by atoms with Gasteiger partial charge in [-0.2, -0.15) is 0 Å². The van der Waals surface area contributed by atoms with Crippen LogP contribution in [0.1, 0.15) is 101 Å². The van der Waals surface area contributed by atoms with Crippen LogP contribution in [-0.4, -0.2) is 19.9 Å². The van der Waals surface area contributed by atoms with Crippen LogP contribution >= 0.6 is 0 Å². The summed E-state index contributed by atoms with van der Waals surface area (Å²) < 4.78 is 0. The summed E-state index contributed by atoms with van der Waals surface area (Å²) in [6.07, 6.45) is 13.4. The van der Waals surface area contributed by atoms with Crippen LogP contribution in [0.3, 0.4) is 0 Å². The van der Waals surface area contributed by atoms with Crippen molar-refractivity contribution in [2.75, 3.05) is 0 Å². The van der Waals surface area contributed by atoms with Crippen LogP contribution in [0.5, 0.6) is 0 Å². The summed E-state index contributed by atoms with van der Waals surface area (Å²) in [6, 6.07) is 78.2. The normalized spacial score (nSPS) is 11.9. The third kappa shape index (κ3) is 9.52. The van der Waals surface area contributed by atoms with E-state index in [9.17, 15) is 0 Å². The molecule has 2 N–H and O–H groups in total. The lowest BCUT2D eigenvalue weighted by Gasteiger charge is -2.10. The monoisotopic (exact) mass is 1090 g/mol. The zero-order valence-corrected chi connectivity index (χ0v) is 49.0. The van der Waals surface area contributed by atoms with Gasteiger partial charge in [-0.1, -0.05) is 248 Å². The number of hydrogen-bond acceptors (Lipinski definition) is 2. The van der Waals surface area contributed by atoms with Gasteiger partial charge in [-0.15, -0.1) is 0 Å². The maximum absolute atomic E-state index is 6.16. The molecule has 1 aliphatic carbocycles. The van der Waals surface area contributed by atoms with Crippen LogP contribution in [0.15, 0.2) is 206 Å². The molecule has 0 saturated heterocycles. The van der Waals surface area contributed by atoms with Crippen molar-refractivity contribution in [2.45, 2.75) is 105 Å². The average molecular weight is 1090 g/mol. The Labute approximate surface area is 494 Å². The molecular weight excluding hydrogens is 1020 g/mol. The highest BCUT2D eigenvalue weighted by Crippen LogP contribution is 2.52. The van der Waals surface area contributed by atoms with Gasteiger partial charge in [0.15, 0.2) is 0 Å². The summed E-state index contributed by atoms with van der Waals surface area (Å²) in [5.41, 5.74) is 26.5. The Bertz CT molecular complexity index is 4320. The molecule has 3 aliphatic rings. The average Bonchev–Trinajstić information content (AvgIpc) is 2.36. The van der Waals surface area contributed by atoms with E-state index in [-0.39, 0.29) is 0 Å². The zero-order valence-electron chi connectivity index (χ0n) is 49.0. The first kappa shape index (κ1) is 52.9. The number of nitrogens with zero attached hydrogens (tertiary/aromatic N) is 2. The van der Waals surface area contributed by atoms with Crippen molar-refractivity contribution in [3.05, 3.63) is 229 Å². The standard InChI is InChI=1S/C80H72N4/c1-5-9-21-51-33-41-55(42-34-51)69-73-61-27-15-16-28-62(61)74(81-73)70(56-43-35-52(36-44-56)22-10-6-2)76-64-30-18-20-32-66(64)78(83-76)72(58-47-39-54(40-48-58)24-12-8-4)80-68-50-60-26-14-13-25-59(60)49-67(68)79(84-80)71(57-45-37-53(38-46-57)23-11-7-3)77-65-31-19-17-29-63(65)75(69)82-77/h13-20,25-50,81,84H,5-12,21-24H2,1-4H3. The Kier molecular flexibility index (Phi) is 14.4. The number of H-pyrrole nitrogens is 2. The predicted octanol–water partition coefficient (Wildman–Crippen LogP) is 22.5. The summed E-state index contributed by atoms with van der Waals surface area (Å²) in [5, 5.41) is 6.93. The molecule has 0 atom stereocenters. The minimum Gasteiger partial charge on any atom is -0.353 e. The number of hydrogen-bond donors (Lipinski definition) is 2. The lowest BCUT2D eigenvalue weighted by molar-refractivity contribution is 0.795. The second-order valence-electron chi connectivity index (χ2n) is 23.5. The maximum atomic E-state index is 6.16. The molecule has 0 fully saturated rings. The number of nitrogens with one attached hydrogen (secondary N) is 2. The molecule has 8 bridgehead atoms. The van der Waals surface area contributed by atoms with Crippen molar-refractivity contribution >= 4 is 54.4 Å². The first-order chi connectivity index (χ1) is 41.5. The predicted molar refractivity (Wildman–Crippen MR) is 359 cm³/mol. The quantitative estimate of drug-likeness (QED) is 0.101. The van der Waals surface area contributed by atoms with E-state index in [1.54, 1.807) is 0 Å². The number of benzene rings is 9. The first-order valence-corrected chi connectivity index (χ1v) is 31.1. The van der Waals surface area contributed by atoms with Crippen LogP contribution in [0.4, 0.5) is 0 Å². The van der Waals surface area contributed by atoms with Crippen LogP contribution in [0.25, 0.3) is 144 Å². The number of aromatic nitrogens is 4. The Morgan fingerprint density at radius 1 is 0.274 bits per heavy atom. The van der Waals surface area contributed by atoms with Gasteiger partial charge in [0.05, 0.1) is 44.8 Å². The third-order valence-electron chi connectivity index (χ3n) is 17.9. The van der Waals surface area contributed by atoms with E-state index in [1.165, 1.54) is 33.0 Å². The molecule has 0 unspecified atom stereocenters. The SMILES string of the molecule is CCCCc1ccc(-c2c3nc(c(-c4ccc(CCCC)cc4)c4[nH]c(c(-c5ccc(CCCC)cc5)c5nc(c(-c6ccc(CCCC)cc6)c6[nH]c2c2ccccc62)-c2ccccc2-5)c2cc5ccccc5cc42)-c2ccccc2-3)cc1. The van der Waals surface area contributed by atoms with Gasteiger partial charge in [-0.05, 0) is 119 Å². The highest BCUT2D eigenvalue weighted by atomic mass is 14.8. The van der Waals surface area contributed by atoms with Gasteiger partial charge in [-0.25, -0.2) is 9.97 Å². The third-order valence-corrected chi connectivity index (χ3v) is 17.9. The molecule has 0 amide bonds. The molecule has 84 heavy (non-hydrogen) atoms. The number of aryl methyl sites for hydroxylation is 4. The van der Waals surface area contributed by atoms with Crippen molar-refractivity contribution in [3.8, 4) is 89.5 Å². The second-order valence-corrected chi connectivity index (χ2v) is 23.5. The molecule has 11 aromatic rings. The number of unbranched alkanes of at least 4 members (excludes halogenated alkanes) is 4. The molecule has 4 heterocycles. The van der Waals surface area contributed by atoms with E-state index in [4.69, 9.17) is 9.97 Å². The number of fused-ring (bicyclic) bond motifs is 1. The van der Waals surface area contributed by atoms with Gasteiger partial charge in [0.25, 0.3) is 0 Å². The van der Waals surface area contributed by atoms with Crippen LogP contribution < -0.4 is 0 Å². The molecule has 0 saturated carbocycles. The van der Waals surface area contributed by atoms with Gasteiger partial charge in [0.2, 0.25) is 0 Å². The Balaban J connectivity index is 1.25. The van der Waals surface area contributed by atoms with Crippen molar-refractivity contribution < 1.29 is 0 Å². The molecule has 0 spiro atoms. The summed E-state index contributed by atoms with van der Waals surface area (Å²) in [7, 11) is 0. The van der Waals surface area contributed by atoms with Crippen LogP contribution in [0, 0.1) is 0 Å². The smallest absolute Gasteiger partial charge is 0.0816 e. The van der Waals surface area contributed by atoms with E-state index in [0.29, 0.717) is 0 Å². The van der Waals surface area contributed by atoms with Crippen molar-refractivity contribution in [2.24, 2.45) is 0 Å². The van der Waals surface area contributed by atoms with Gasteiger partial charge in [-0.3, -0.25) is 0 Å². The van der Waals surface area contributed by atoms with Gasteiger partial charge >= 0.3 is 0 Å². The second kappa shape index (κ2) is 22.9. The molecular formula is C80H72N4. The molecule has 9 aromatic carbocycles. The van der Waals surface area contributed by atoms with E-state index < -0.39 is 0 Å². The molecule has 4 heteroatoms. The number of rotatable bonds is 16. The maximum Gasteiger partial charge on any atom is 0.0816 e. The summed E-state index contributed by atoms with van der Waals surface area (Å²) in [4.78, 5) is 21.0. The van der Waals surface area contributed by atoms with Gasteiger partial charge in [0, 0.05) is 66.1 Å². The summed E-state index contributed by atoms with van der Waals surface area (Å²) in [5.74, 6) is 0. The summed E-state index contributed by atoms with van der Waals surface area (Å²) in [6.45, 7) is 9.10. The topological polar surface area (TPSA) is 57.4 Å². The van der Waals surface area contributed by atoms with Gasteiger partial charge in [0.1, 0.15) is 0 Å². The molecule has 2 aliphatic heterocycles. The van der Waals surface area contributed by atoms with E-state index in [0.717, 1.165) is 210 Å². The van der Waals surface area contributed by atoms with E-state index in [2.05, 4.69) is 244 Å². The van der Waals surface area contributed by atoms with Crippen molar-refractivity contribution in [3.63, 3.8) is 0 Å². The highest BCUT2D eigenvalue weighted by molar-refractivity contribution is 6.23. The Morgan fingerprint density at radius 2 is 0.524 bits per heavy atom. The fourth-order valence-electron chi connectivity index (χ4n) is 13.4. The lowest BCUT2D eigenvalue weighted by Crippen LogP contribution is -1.90. The first-order valence-electron chi connectivity index (χ1n) is 31.1. The Hall–Kier alpha value is -9.12.